The number of nitrogens with one attached hydrogen (secondary N) is 1. The van der Waals surface area contributed by atoms with Gasteiger partial charge in [-0.25, -0.2) is 23.4 Å². The molecule has 0 bridgehead atoms. The molecular weight excluding hydrogens is 538 g/mol. The van der Waals surface area contributed by atoms with Gasteiger partial charge in [-0.2, -0.15) is 5.10 Å². The van der Waals surface area contributed by atoms with Gasteiger partial charge in [-0.1, -0.05) is 0 Å². The highest BCUT2D eigenvalue weighted by molar-refractivity contribution is 7.84. The van der Waals surface area contributed by atoms with E-state index in [1.54, 1.807) is 20.0 Å². The molecule has 9 nitrogen and oxygen atoms in total. The summed E-state index contributed by atoms with van der Waals surface area (Å²) >= 11 is 0. The lowest BCUT2D eigenvalue weighted by atomic mass is 9.98. The second-order valence-electron chi connectivity index (χ2n) is 9.31. The molecule has 2 atom stereocenters. The van der Waals surface area contributed by atoms with Crippen molar-refractivity contribution in [2.75, 3.05) is 11.6 Å². The fraction of sp³-hybridized carbons (Fsp3) is 0.179. The maximum Gasteiger partial charge on any atom is 0.267 e. The predicted octanol–water partition coefficient (Wildman–Crippen LogP) is 3.94. The van der Waals surface area contributed by atoms with Crippen molar-refractivity contribution in [2.45, 2.75) is 17.9 Å². The summed E-state index contributed by atoms with van der Waals surface area (Å²) in [5, 5.41) is 7.85. The predicted molar refractivity (Wildman–Crippen MR) is 149 cm³/mol. The third kappa shape index (κ3) is 5.05. The van der Waals surface area contributed by atoms with Gasteiger partial charge in [0.2, 0.25) is 0 Å². The molecule has 0 saturated heterocycles. The van der Waals surface area contributed by atoms with Crippen molar-refractivity contribution in [3.05, 3.63) is 99.0 Å². The highest BCUT2D eigenvalue weighted by Crippen LogP contribution is 2.31. The van der Waals surface area contributed by atoms with Gasteiger partial charge in [0.25, 0.3) is 11.1 Å². The molecule has 0 aliphatic heterocycles. The molecule has 204 valence electrons. The van der Waals surface area contributed by atoms with E-state index in [2.05, 4.69) is 20.4 Å². The molecule has 0 aliphatic rings. The molecule has 0 aliphatic carbocycles. The van der Waals surface area contributed by atoms with Crippen LogP contribution in [0.3, 0.4) is 0 Å². The van der Waals surface area contributed by atoms with E-state index in [0.717, 1.165) is 0 Å². The van der Waals surface area contributed by atoms with Crippen LogP contribution in [0.25, 0.3) is 33.4 Å². The monoisotopic (exact) mass is 562 g/mol. The van der Waals surface area contributed by atoms with Gasteiger partial charge in [-0.05, 0) is 54.3 Å². The molecule has 0 fully saturated rings. The highest BCUT2D eigenvalue weighted by Gasteiger charge is 2.19. The molecule has 3 heterocycles. The summed E-state index contributed by atoms with van der Waals surface area (Å²) in [6.45, 7) is 1.77. The summed E-state index contributed by atoms with van der Waals surface area (Å²) in [5.41, 5.74) is 1.66. The second-order valence-corrected chi connectivity index (χ2v) is 10.7. The molecule has 1 unspecified atom stereocenters. The third-order valence-electron chi connectivity index (χ3n) is 6.62. The molecule has 40 heavy (non-hydrogen) atoms. The molecule has 5 aromatic rings. The van der Waals surface area contributed by atoms with Crippen LogP contribution in [0.4, 0.5) is 14.5 Å². The molecule has 5 rings (SSSR count). The molecule has 0 saturated carbocycles. The minimum absolute atomic E-state index is 0.178. The van der Waals surface area contributed by atoms with Crippen molar-refractivity contribution in [3.63, 3.8) is 0 Å². The van der Waals surface area contributed by atoms with Crippen LogP contribution in [0.1, 0.15) is 18.5 Å². The van der Waals surface area contributed by atoms with E-state index in [9.17, 15) is 22.6 Å². The molecule has 2 aromatic carbocycles. The average molecular weight is 563 g/mol. The fourth-order valence-corrected chi connectivity index (χ4v) is 5.22. The lowest BCUT2D eigenvalue weighted by molar-refractivity contribution is 0.622. The van der Waals surface area contributed by atoms with Crippen LogP contribution in [0.2, 0.25) is 0 Å². The van der Waals surface area contributed by atoms with Crippen LogP contribution in [0.5, 0.6) is 0 Å². The first-order valence-corrected chi connectivity index (χ1v) is 13.7. The second kappa shape index (κ2) is 10.5. The zero-order valence-electron chi connectivity index (χ0n) is 22.0. The molecule has 0 amide bonds. The van der Waals surface area contributed by atoms with Crippen LogP contribution < -0.4 is 16.4 Å². The molecule has 0 spiro atoms. The largest absolute Gasteiger partial charge is 0.378 e. The van der Waals surface area contributed by atoms with E-state index in [-0.39, 0.29) is 15.8 Å². The third-order valence-corrected chi connectivity index (χ3v) is 7.58. The van der Waals surface area contributed by atoms with E-state index in [0.29, 0.717) is 39.3 Å². The van der Waals surface area contributed by atoms with Crippen LogP contribution in [-0.2, 0) is 24.9 Å². The highest BCUT2D eigenvalue weighted by atomic mass is 32.2. The Morgan fingerprint density at radius 3 is 2.30 bits per heavy atom. The maximum atomic E-state index is 14.7. The number of halogens is 2. The summed E-state index contributed by atoms with van der Waals surface area (Å²) in [6, 6.07) is 9.02. The van der Waals surface area contributed by atoms with Crippen molar-refractivity contribution in [1.82, 2.24) is 24.3 Å². The Labute approximate surface area is 229 Å². The quantitative estimate of drug-likeness (QED) is 0.334. The van der Waals surface area contributed by atoms with Crippen LogP contribution in [0.15, 0.2) is 75.5 Å². The lowest BCUT2D eigenvalue weighted by Crippen LogP contribution is -2.20. The normalized spacial score (nSPS) is 12.8. The number of hydrogen-bond acceptors (Lipinski definition) is 7. The van der Waals surface area contributed by atoms with Crippen LogP contribution in [0, 0.1) is 11.6 Å². The van der Waals surface area contributed by atoms with E-state index < -0.39 is 34.0 Å². The number of hydrogen-bond donors (Lipinski definition) is 1. The maximum absolute atomic E-state index is 14.7. The molecule has 3 aromatic heterocycles. The van der Waals surface area contributed by atoms with Gasteiger partial charge in [0, 0.05) is 56.0 Å². The Hall–Kier alpha value is -4.58. The van der Waals surface area contributed by atoms with Gasteiger partial charge < -0.3 is 9.88 Å². The van der Waals surface area contributed by atoms with Gasteiger partial charge in [-0.3, -0.25) is 13.8 Å². The molecule has 1 N–H and O–H groups in total. The summed E-state index contributed by atoms with van der Waals surface area (Å²) in [4.78, 5) is 34.3. The minimum atomic E-state index is -1.48. The van der Waals surface area contributed by atoms with Gasteiger partial charge in [0.15, 0.2) is 5.82 Å². The zero-order valence-corrected chi connectivity index (χ0v) is 22.8. The number of anilines is 1. The number of fused-ring (bicyclic) bond motifs is 1. The van der Waals surface area contributed by atoms with Gasteiger partial charge in [0.05, 0.1) is 38.7 Å². The number of benzene rings is 2. The van der Waals surface area contributed by atoms with E-state index in [4.69, 9.17) is 0 Å². The summed E-state index contributed by atoms with van der Waals surface area (Å²) < 4.78 is 43.3. The van der Waals surface area contributed by atoms with Crippen molar-refractivity contribution in [2.24, 2.45) is 14.1 Å². The smallest absolute Gasteiger partial charge is 0.267 e. The SMILES string of the molecule is C[C@@H](Nc1ccc(F)cc1S(C)=O)c1cc(F)cc2c(=O)n(C)c(-c3cnc(-c4cnn(C)c(=O)c4)nc3)cc12. The number of pyridine rings is 1. The summed E-state index contributed by atoms with van der Waals surface area (Å²) in [6.07, 6.45) is 6.00. The fourth-order valence-electron chi connectivity index (χ4n) is 4.50. The average Bonchev–Trinajstić information content (AvgIpc) is 2.93. The topological polar surface area (TPSA) is 112 Å². The van der Waals surface area contributed by atoms with Crippen molar-refractivity contribution in [1.29, 1.82) is 0 Å². The van der Waals surface area contributed by atoms with Gasteiger partial charge in [-0.15, -0.1) is 0 Å². The van der Waals surface area contributed by atoms with E-state index >= 15 is 0 Å². The van der Waals surface area contributed by atoms with E-state index in [1.807, 2.05) is 0 Å². The molecule has 0 radical (unpaired) electrons. The van der Waals surface area contributed by atoms with Crippen molar-refractivity contribution < 1.29 is 13.0 Å². The zero-order chi connectivity index (χ0) is 28.7. The Morgan fingerprint density at radius 1 is 0.900 bits per heavy atom. The number of aromatic nitrogens is 5. The Kier molecular flexibility index (Phi) is 7.11. The van der Waals surface area contributed by atoms with Crippen molar-refractivity contribution >= 4 is 27.3 Å². The standard InChI is InChI=1S/C28H24F2N6O3S/c1-15(34-23-6-5-18(29)10-25(23)40(4)39)20-8-19(30)9-22-21(20)11-24(35(2)28(22)38)17-12-31-27(32-13-17)16-7-26(37)36(3)33-14-16/h5-15,34H,1-4H3/t15-,40?/m1/s1. The first-order chi connectivity index (χ1) is 19.0. The first-order valence-electron chi connectivity index (χ1n) is 12.1. The molecule has 12 heteroatoms. The molecular formula is C28H24F2N6O3S. The summed E-state index contributed by atoms with van der Waals surface area (Å²) in [5.74, 6) is -0.814. The first kappa shape index (κ1) is 27.0. The van der Waals surface area contributed by atoms with Crippen LogP contribution >= 0.6 is 0 Å². The minimum Gasteiger partial charge on any atom is -0.378 e. The number of aryl methyl sites for hydroxylation is 1. The lowest BCUT2D eigenvalue weighted by Gasteiger charge is -2.21. The number of nitrogens with zero attached hydrogens (tertiary/aromatic N) is 5. The Morgan fingerprint density at radius 2 is 1.62 bits per heavy atom. The van der Waals surface area contributed by atoms with Crippen LogP contribution in [-0.4, -0.2) is 34.8 Å². The number of rotatable bonds is 6. The van der Waals surface area contributed by atoms with E-state index in [1.165, 1.54) is 77.5 Å². The summed E-state index contributed by atoms with van der Waals surface area (Å²) in [7, 11) is 1.64. The Bertz CT molecular complexity index is 1920. The van der Waals surface area contributed by atoms with Gasteiger partial charge in [0.1, 0.15) is 11.6 Å². The van der Waals surface area contributed by atoms with Crippen molar-refractivity contribution in [3.8, 4) is 22.6 Å². The Balaban J connectivity index is 1.59. The van der Waals surface area contributed by atoms with Gasteiger partial charge >= 0.3 is 0 Å².